The van der Waals surface area contributed by atoms with Gasteiger partial charge in [-0.15, -0.1) is 0 Å². The van der Waals surface area contributed by atoms with Crippen molar-refractivity contribution >= 4 is 11.6 Å². The summed E-state index contributed by atoms with van der Waals surface area (Å²) in [6.45, 7) is 0. The third-order valence-electron chi connectivity index (χ3n) is 2.13. The Balaban J connectivity index is 2.63. The Morgan fingerprint density at radius 1 is 1.29 bits per heavy atom. The Hall–Kier alpha value is -1.75. The molecule has 0 unspecified atom stereocenters. The van der Waals surface area contributed by atoms with E-state index in [4.69, 9.17) is 16.3 Å². The zero-order chi connectivity index (χ0) is 12.4. The minimum absolute atomic E-state index is 0.0261. The van der Waals surface area contributed by atoms with Crippen LogP contribution in [0.1, 0.15) is 0 Å². The second-order valence-corrected chi connectivity index (χ2v) is 3.52. The SMILES string of the molecule is COc1cc(F)ccc1-c1nc(Cl)ncc1F. The van der Waals surface area contributed by atoms with Crippen molar-refractivity contribution in [3.8, 4) is 17.0 Å². The number of aromatic nitrogens is 2. The average molecular weight is 257 g/mol. The standard InChI is InChI=1S/C11H7ClF2N2O/c1-17-9-4-6(13)2-3-7(9)10-8(14)5-15-11(12)16-10/h2-5H,1H3. The van der Waals surface area contributed by atoms with Gasteiger partial charge in [0.25, 0.3) is 0 Å². The maximum Gasteiger partial charge on any atom is 0.223 e. The monoisotopic (exact) mass is 256 g/mol. The fraction of sp³-hybridized carbons (Fsp3) is 0.0909. The van der Waals surface area contributed by atoms with Crippen molar-refractivity contribution in [3.63, 3.8) is 0 Å². The van der Waals surface area contributed by atoms with E-state index in [1.165, 1.54) is 19.2 Å². The Morgan fingerprint density at radius 2 is 2.06 bits per heavy atom. The molecule has 0 aliphatic heterocycles. The lowest BCUT2D eigenvalue weighted by atomic mass is 10.1. The summed E-state index contributed by atoms with van der Waals surface area (Å²) in [6.07, 6.45) is 0.952. The van der Waals surface area contributed by atoms with Gasteiger partial charge >= 0.3 is 0 Å². The van der Waals surface area contributed by atoms with Crippen LogP contribution in [0.3, 0.4) is 0 Å². The van der Waals surface area contributed by atoms with Gasteiger partial charge in [-0.05, 0) is 23.7 Å². The van der Waals surface area contributed by atoms with Crippen molar-refractivity contribution in [1.82, 2.24) is 9.97 Å². The van der Waals surface area contributed by atoms with E-state index < -0.39 is 11.6 Å². The van der Waals surface area contributed by atoms with E-state index in [0.717, 1.165) is 12.3 Å². The molecule has 88 valence electrons. The number of methoxy groups -OCH3 is 1. The van der Waals surface area contributed by atoms with Gasteiger partial charge in [-0.2, -0.15) is 0 Å². The average Bonchev–Trinajstić information content (AvgIpc) is 2.32. The predicted molar refractivity (Wildman–Crippen MR) is 58.9 cm³/mol. The third kappa shape index (κ3) is 2.34. The predicted octanol–water partition coefficient (Wildman–Crippen LogP) is 3.08. The van der Waals surface area contributed by atoms with Crippen molar-refractivity contribution in [3.05, 3.63) is 41.3 Å². The molecule has 0 atom stereocenters. The van der Waals surface area contributed by atoms with Gasteiger partial charge in [0.15, 0.2) is 5.82 Å². The Kier molecular flexibility index (Phi) is 3.19. The summed E-state index contributed by atoms with van der Waals surface area (Å²) in [5, 5.41) is -0.0900. The highest BCUT2D eigenvalue weighted by atomic mass is 35.5. The molecule has 0 spiro atoms. The molecule has 0 saturated heterocycles. The summed E-state index contributed by atoms with van der Waals surface area (Å²) in [4.78, 5) is 7.26. The fourth-order valence-electron chi connectivity index (χ4n) is 1.40. The number of hydrogen-bond acceptors (Lipinski definition) is 3. The second kappa shape index (κ2) is 4.63. The number of ether oxygens (including phenoxy) is 1. The molecule has 17 heavy (non-hydrogen) atoms. The minimum Gasteiger partial charge on any atom is -0.496 e. The molecule has 1 aromatic heterocycles. The third-order valence-corrected chi connectivity index (χ3v) is 2.32. The fourth-order valence-corrected chi connectivity index (χ4v) is 1.53. The van der Waals surface area contributed by atoms with E-state index in [0.29, 0.717) is 5.56 Å². The van der Waals surface area contributed by atoms with Crippen LogP contribution in [0.5, 0.6) is 5.75 Å². The molecule has 2 rings (SSSR count). The molecule has 0 aliphatic rings. The van der Waals surface area contributed by atoms with Crippen LogP contribution in [0.2, 0.25) is 5.28 Å². The smallest absolute Gasteiger partial charge is 0.223 e. The van der Waals surface area contributed by atoms with Gasteiger partial charge < -0.3 is 4.74 Å². The first-order valence-electron chi connectivity index (χ1n) is 4.64. The van der Waals surface area contributed by atoms with Crippen LogP contribution in [0.25, 0.3) is 11.3 Å². The Bertz CT molecular complexity index is 563. The molecule has 0 N–H and O–H groups in total. The molecule has 0 saturated carbocycles. The zero-order valence-electron chi connectivity index (χ0n) is 8.75. The molecule has 0 aliphatic carbocycles. The molecule has 0 amide bonds. The number of hydrogen-bond donors (Lipinski definition) is 0. The molecule has 0 radical (unpaired) electrons. The largest absolute Gasteiger partial charge is 0.496 e. The van der Waals surface area contributed by atoms with Gasteiger partial charge in [-0.1, -0.05) is 0 Å². The lowest BCUT2D eigenvalue weighted by molar-refractivity contribution is 0.412. The van der Waals surface area contributed by atoms with Gasteiger partial charge in [0.2, 0.25) is 5.28 Å². The number of benzene rings is 1. The highest BCUT2D eigenvalue weighted by molar-refractivity contribution is 6.28. The normalized spacial score (nSPS) is 10.4. The van der Waals surface area contributed by atoms with Crippen LogP contribution in [0, 0.1) is 11.6 Å². The first-order chi connectivity index (χ1) is 8.11. The zero-order valence-corrected chi connectivity index (χ0v) is 9.50. The lowest BCUT2D eigenvalue weighted by Crippen LogP contribution is -1.96. The van der Waals surface area contributed by atoms with Crippen LogP contribution >= 0.6 is 11.6 Å². The van der Waals surface area contributed by atoms with Crippen molar-refractivity contribution < 1.29 is 13.5 Å². The first kappa shape index (κ1) is 11.7. The summed E-state index contributed by atoms with van der Waals surface area (Å²) in [6, 6.07) is 3.70. The minimum atomic E-state index is -0.653. The number of rotatable bonds is 2. The Labute approximate surface area is 101 Å². The van der Waals surface area contributed by atoms with Crippen LogP contribution in [0.4, 0.5) is 8.78 Å². The maximum atomic E-state index is 13.5. The summed E-state index contributed by atoms with van der Waals surface area (Å²) in [5.74, 6) is -0.955. The van der Waals surface area contributed by atoms with E-state index in [2.05, 4.69) is 9.97 Å². The van der Waals surface area contributed by atoms with Crippen LogP contribution in [0.15, 0.2) is 24.4 Å². The highest BCUT2D eigenvalue weighted by Crippen LogP contribution is 2.31. The lowest BCUT2D eigenvalue weighted by Gasteiger charge is -2.08. The van der Waals surface area contributed by atoms with Gasteiger partial charge in [-0.25, -0.2) is 18.7 Å². The molecular formula is C11H7ClF2N2O. The molecule has 6 heteroatoms. The second-order valence-electron chi connectivity index (χ2n) is 3.18. The molecule has 1 aromatic carbocycles. The van der Waals surface area contributed by atoms with Gasteiger partial charge in [0.1, 0.15) is 17.3 Å². The van der Waals surface area contributed by atoms with E-state index in [1.807, 2.05) is 0 Å². The summed E-state index contributed by atoms with van der Waals surface area (Å²) < 4.78 is 31.5. The van der Waals surface area contributed by atoms with E-state index in [9.17, 15) is 8.78 Å². The van der Waals surface area contributed by atoms with E-state index >= 15 is 0 Å². The van der Waals surface area contributed by atoms with Gasteiger partial charge in [0, 0.05) is 11.6 Å². The quantitative estimate of drug-likeness (QED) is 0.775. The Morgan fingerprint density at radius 3 is 2.76 bits per heavy atom. The van der Waals surface area contributed by atoms with Crippen LogP contribution < -0.4 is 4.74 Å². The van der Waals surface area contributed by atoms with Gasteiger partial charge in [0.05, 0.1) is 13.3 Å². The van der Waals surface area contributed by atoms with Crippen molar-refractivity contribution in [2.45, 2.75) is 0 Å². The number of nitrogens with zero attached hydrogens (tertiary/aromatic N) is 2. The van der Waals surface area contributed by atoms with Crippen molar-refractivity contribution in [2.24, 2.45) is 0 Å². The molecular weight excluding hydrogens is 250 g/mol. The highest BCUT2D eigenvalue weighted by Gasteiger charge is 2.14. The van der Waals surface area contributed by atoms with Crippen molar-refractivity contribution in [2.75, 3.05) is 7.11 Å². The molecule has 0 fully saturated rings. The van der Waals surface area contributed by atoms with E-state index in [1.54, 1.807) is 0 Å². The topological polar surface area (TPSA) is 35.0 Å². The van der Waals surface area contributed by atoms with Gasteiger partial charge in [-0.3, -0.25) is 0 Å². The molecule has 0 bridgehead atoms. The summed E-state index contributed by atoms with van der Waals surface area (Å²) in [7, 11) is 1.36. The van der Waals surface area contributed by atoms with Crippen LogP contribution in [-0.2, 0) is 0 Å². The van der Waals surface area contributed by atoms with Crippen molar-refractivity contribution in [1.29, 1.82) is 0 Å². The van der Waals surface area contributed by atoms with Crippen LogP contribution in [-0.4, -0.2) is 17.1 Å². The molecule has 3 nitrogen and oxygen atoms in total. The number of halogens is 3. The van der Waals surface area contributed by atoms with E-state index in [-0.39, 0.29) is 16.7 Å². The first-order valence-corrected chi connectivity index (χ1v) is 5.01. The summed E-state index contributed by atoms with van der Waals surface area (Å²) in [5.41, 5.74) is 0.289. The molecule has 2 aromatic rings. The summed E-state index contributed by atoms with van der Waals surface area (Å²) >= 11 is 5.59. The molecule has 1 heterocycles. The maximum absolute atomic E-state index is 13.5.